The molecule has 0 bridgehead atoms. The van der Waals surface area contributed by atoms with E-state index in [0.717, 1.165) is 16.7 Å². The summed E-state index contributed by atoms with van der Waals surface area (Å²) in [5.41, 5.74) is 3.59. The Morgan fingerprint density at radius 2 is 1.82 bits per heavy atom. The molecule has 3 aromatic heterocycles. The number of benzene rings is 1. The number of nitrogens with zero attached hydrogens (tertiary/aromatic N) is 3. The van der Waals surface area contributed by atoms with Crippen molar-refractivity contribution in [3.05, 3.63) is 72.8 Å². The summed E-state index contributed by atoms with van der Waals surface area (Å²) >= 11 is 0. The van der Waals surface area contributed by atoms with Gasteiger partial charge >= 0.3 is 0 Å². The van der Waals surface area contributed by atoms with Crippen LogP contribution in [0.4, 0.5) is 5.69 Å². The van der Waals surface area contributed by atoms with Crippen molar-refractivity contribution in [2.45, 2.75) is 0 Å². The first kappa shape index (κ1) is 12.5. The van der Waals surface area contributed by atoms with E-state index < -0.39 is 0 Å². The Bertz CT molecular complexity index is 922. The molecule has 0 aliphatic carbocycles. The first-order chi connectivity index (χ1) is 10.8. The predicted octanol–water partition coefficient (Wildman–Crippen LogP) is 3.13. The van der Waals surface area contributed by atoms with Crippen LogP contribution in [0, 0.1) is 0 Å². The number of hydrogen-bond acceptors (Lipinski definition) is 3. The number of carbonyl (C=O) groups excluding carboxylic acids is 1. The molecular weight excluding hydrogens is 276 g/mol. The average Bonchev–Trinajstić information content (AvgIpc) is 2.90. The van der Waals surface area contributed by atoms with Crippen LogP contribution in [-0.2, 0) is 0 Å². The summed E-state index contributed by atoms with van der Waals surface area (Å²) in [6.45, 7) is 0. The predicted molar refractivity (Wildman–Crippen MR) is 84.9 cm³/mol. The first-order valence-electron chi connectivity index (χ1n) is 6.90. The highest BCUT2D eigenvalue weighted by Crippen LogP contribution is 2.25. The van der Waals surface area contributed by atoms with E-state index in [2.05, 4.69) is 15.3 Å². The summed E-state index contributed by atoms with van der Waals surface area (Å²) in [6, 6.07) is 15.1. The topological polar surface area (TPSA) is 59.3 Å². The van der Waals surface area contributed by atoms with Gasteiger partial charge in [0.25, 0.3) is 5.91 Å². The molecule has 1 aromatic carbocycles. The maximum absolute atomic E-state index is 12.7. The molecule has 0 saturated heterocycles. The third-order valence-corrected chi connectivity index (χ3v) is 3.56. The fourth-order valence-electron chi connectivity index (χ4n) is 2.61. The van der Waals surface area contributed by atoms with Gasteiger partial charge in [-0.05, 0) is 24.3 Å². The highest BCUT2D eigenvalue weighted by Gasteiger charge is 2.19. The summed E-state index contributed by atoms with van der Waals surface area (Å²) in [7, 11) is 0. The Kier molecular flexibility index (Phi) is 2.83. The molecule has 22 heavy (non-hydrogen) atoms. The normalized spacial score (nSPS) is 10.9. The standard InChI is InChI=1S/C17H12N4O/c22-17(20-12-6-2-1-3-7-12)15-13-8-4-5-9-21(13)14-10-18-11-19-16(14)15/h1-11H,(H,20,22). The van der Waals surface area contributed by atoms with Gasteiger partial charge in [-0.2, -0.15) is 0 Å². The number of fused-ring (bicyclic) bond motifs is 3. The zero-order valence-electron chi connectivity index (χ0n) is 11.6. The second-order valence-corrected chi connectivity index (χ2v) is 4.91. The number of carbonyl (C=O) groups is 1. The molecule has 0 aliphatic heterocycles. The van der Waals surface area contributed by atoms with Gasteiger partial charge in [0.1, 0.15) is 11.8 Å². The van der Waals surface area contributed by atoms with E-state index in [1.54, 1.807) is 6.20 Å². The van der Waals surface area contributed by atoms with Crippen LogP contribution in [0.3, 0.4) is 0 Å². The summed E-state index contributed by atoms with van der Waals surface area (Å²) in [5.74, 6) is -0.177. The van der Waals surface area contributed by atoms with E-state index in [9.17, 15) is 4.79 Å². The molecule has 4 aromatic rings. The lowest BCUT2D eigenvalue weighted by atomic mass is 10.2. The number of amides is 1. The highest BCUT2D eigenvalue weighted by atomic mass is 16.1. The van der Waals surface area contributed by atoms with Crippen molar-refractivity contribution in [3.63, 3.8) is 0 Å². The van der Waals surface area contributed by atoms with E-state index in [0.29, 0.717) is 11.1 Å². The number of pyridine rings is 1. The van der Waals surface area contributed by atoms with Crippen LogP contribution in [0.2, 0.25) is 0 Å². The van der Waals surface area contributed by atoms with Crippen LogP contribution in [0.1, 0.15) is 10.4 Å². The van der Waals surface area contributed by atoms with E-state index >= 15 is 0 Å². The van der Waals surface area contributed by atoms with Gasteiger partial charge in [0.15, 0.2) is 0 Å². The molecule has 3 heterocycles. The van der Waals surface area contributed by atoms with Gasteiger partial charge < -0.3 is 9.72 Å². The maximum Gasteiger partial charge on any atom is 0.260 e. The highest BCUT2D eigenvalue weighted by molar-refractivity contribution is 6.17. The monoisotopic (exact) mass is 288 g/mol. The minimum Gasteiger partial charge on any atom is -0.322 e. The van der Waals surface area contributed by atoms with Gasteiger partial charge in [0.05, 0.1) is 22.8 Å². The number of hydrogen-bond donors (Lipinski definition) is 1. The molecular formula is C17H12N4O. The van der Waals surface area contributed by atoms with Gasteiger partial charge in [0, 0.05) is 11.9 Å². The quantitative estimate of drug-likeness (QED) is 0.616. The van der Waals surface area contributed by atoms with Crippen LogP contribution >= 0.6 is 0 Å². The minimum atomic E-state index is -0.177. The van der Waals surface area contributed by atoms with E-state index in [1.165, 1.54) is 6.33 Å². The van der Waals surface area contributed by atoms with Crippen LogP contribution in [0.5, 0.6) is 0 Å². The van der Waals surface area contributed by atoms with Crippen LogP contribution in [0.25, 0.3) is 16.6 Å². The number of para-hydroxylation sites is 1. The van der Waals surface area contributed by atoms with E-state index in [-0.39, 0.29) is 5.91 Å². The SMILES string of the molecule is O=C(Nc1ccccc1)c1c2ncncc2n2ccccc12. The van der Waals surface area contributed by atoms with Crippen LogP contribution < -0.4 is 5.32 Å². The molecule has 1 amide bonds. The average molecular weight is 288 g/mol. The number of anilines is 1. The number of aromatic nitrogens is 3. The molecule has 5 heteroatoms. The molecule has 4 rings (SSSR count). The Morgan fingerprint density at radius 3 is 2.68 bits per heavy atom. The summed E-state index contributed by atoms with van der Waals surface area (Å²) < 4.78 is 1.93. The molecule has 0 aliphatic rings. The van der Waals surface area contributed by atoms with Crippen molar-refractivity contribution in [1.29, 1.82) is 0 Å². The third-order valence-electron chi connectivity index (χ3n) is 3.56. The lowest BCUT2D eigenvalue weighted by molar-refractivity contribution is 0.102. The largest absolute Gasteiger partial charge is 0.322 e. The van der Waals surface area contributed by atoms with E-state index in [1.807, 2.05) is 59.1 Å². The van der Waals surface area contributed by atoms with Gasteiger partial charge in [-0.15, -0.1) is 0 Å². The Hall–Kier alpha value is -3.21. The van der Waals surface area contributed by atoms with Crippen molar-refractivity contribution >= 4 is 28.1 Å². The van der Waals surface area contributed by atoms with Gasteiger partial charge in [0.2, 0.25) is 0 Å². The van der Waals surface area contributed by atoms with Crippen molar-refractivity contribution in [1.82, 2.24) is 14.4 Å². The van der Waals surface area contributed by atoms with Crippen molar-refractivity contribution in [3.8, 4) is 0 Å². The molecule has 0 atom stereocenters. The zero-order valence-corrected chi connectivity index (χ0v) is 11.6. The first-order valence-corrected chi connectivity index (χ1v) is 6.90. The molecule has 5 nitrogen and oxygen atoms in total. The number of rotatable bonds is 2. The Morgan fingerprint density at radius 1 is 1.00 bits per heavy atom. The van der Waals surface area contributed by atoms with Gasteiger partial charge in [-0.25, -0.2) is 9.97 Å². The fourth-order valence-corrected chi connectivity index (χ4v) is 2.61. The molecule has 0 spiro atoms. The summed E-state index contributed by atoms with van der Waals surface area (Å²) in [5, 5.41) is 2.92. The van der Waals surface area contributed by atoms with Crippen molar-refractivity contribution in [2.75, 3.05) is 5.32 Å². The van der Waals surface area contributed by atoms with Crippen LogP contribution in [-0.4, -0.2) is 20.3 Å². The fraction of sp³-hybridized carbons (Fsp3) is 0. The molecule has 0 radical (unpaired) electrons. The van der Waals surface area contributed by atoms with Crippen LogP contribution in [0.15, 0.2) is 67.3 Å². The van der Waals surface area contributed by atoms with Gasteiger partial charge in [-0.3, -0.25) is 4.79 Å². The number of nitrogens with one attached hydrogen (secondary N) is 1. The van der Waals surface area contributed by atoms with Crippen molar-refractivity contribution < 1.29 is 4.79 Å². The zero-order chi connectivity index (χ0) is 14.9. The molecule has 1 N–H and O–H groups in total. The second-order valence-electron chi connectivity index (χ2n) is 4.91. The molecule has 0 unspecified atom stereocenters. The minimum absolute atomic E-state index is 0.177. The molecule has 106 valence electrons. The third kappa shape index (κ3) is 1.91. The Labute approximate surface area is 126 Å². The van der Waals surface area contributed by atoms with E-state index in [4.69, 9.17) is 0 Å². The molecule has 0 fully saturated rings. The van der Waals surface area contributed by atoms with Gasteiger partial charge in [-0.1, -0.05) is 24.3 Å². The maximum atomic E-state index is 12.7. The van der Waals surface area contributed by atoms with Crippen molar-refractivity contribution in [2.24, 2.45) is 0 Å². The molecule has 0 saturated carbocycles. The summed E-state index contributed by atoms with van der Waals surface area (Å²) in [6.07, 6.45) is 5.08. The summed E-state index contributed by atoms with van der Waals surface area (Å²) in [4.78, 5) is 21.1. The lowest BCUT2D eigenvalue weighted by Gasteiger charge is -2.04. The lowest BCUT2D eigenvalue weighted by Crippen LogP contribution is -2.12. The second kappa shape index (κ2) is 4.96. The smallest absolute Gasteiger partial charge is 0.260 e. The Balaban J connectivity index is 1.91.